The van der Waals surface area contributed by atoms with E-state index in [4.69, 9.17) is 9.47 Å². The maximum Gasteiger partial charge on any atom is 0.261 e. The summed E-state index contributed by atoms with van der Waals surface area (Å²) < 4.78 is 11.4. The molecule has 1 atom stereocenters. The minimum atomic E-state index is -0.495. The van der Waals surface area contributed by atoms with Gasteiger partial charge in [-0.15, -0.1) is 0 Å². The van der Waals surface area contributed by atoms with Crippen LogP contribution in [0.15, 0.2) is 48.5 Å². The fourth-order valence-electron chi connectivity index (χ4n) is 2.34. The van der Waals surface area contributed by atoms with Gasteiger partial charge >= 0.3 is 0 Å². The van der Waals surface area contributed by atoms with Crippen molar-refractivity contribution in [3.05, 3.63) is 59.7 Å². The number of nitrogens with one attached hydrogen (secondary N) is 1. The molecule has 0 heterocycles. The van der Waals surface area contributed by atoms with Gasteiger partial charge < -0.3 is 14.8 Å². The second-order valence-corrected chi connectivity index (χ2v) is 5.79. The third-order valence-electron chi connectivity index (χ3n) is 3.59. The first kappa shape index (κ1) is 17.9. The summed E-state index contributed by atoms with van der Waals surface area (Å²) in [5.74, 6) is 1.41. The number of rotatable bonds is 8. The van der Waals surface area contributed by atoms with Gasteiger partial charge in [0.2, 0.25) is 0 Å². The monoisotopic (exact) mass is 327 g/mol. The summed E-state index contributed by atoms with van der Waals surface area (Å²) in [6.45, 7) is 6.82. The van der Waals surface area contributed by atoms with Gasteiger partial charge in [0.05, 0.1) is 6.54 Å². The predicted molar refractivity (Wildman–Crippen MR) is 95.6 cm³/mol. The van der Waals surface area contributed by atoms with Crippen LogP contribution in [0.4, 0.5) is 0 Å². The molecule has 2 aromatic rings. The largest absolute Gasteiger partial charge is 0.492 e. The second-order valence-electron chi connectivity index (χ2n) is 5.79. The van der Waals surface area contributed by atoms with Gasteiger partial charge in [-0.25, -0.2) is 0 Å². The van der Waals surface area contributed by atoms with Crippen molar-refractivity contribution in [2.24, 2.45) is 0 Å². The molecule has 2 aromatic carbocycles. The van der Waals surface area contributed by atoms with Crippen LogP contribution in [-0.4, -0.2) is 25.2 Å². The van der Waals surface area contributed by atoms with E-state index in [1.807, 2.05) is 69.3 Å². The highest BCUT2D eigenvalue weighted by Crippen LogP contribution is 2.15. The van der Waals surface area contributed by atoms with E-state index in [1.165, 1.54) is 0 Å². The highest BCUT2D eigenvalue weighted by Gasteiger charge is 2.17. The topological polar surface area (TPSA) is 47.6 Å². The van der Waals surface area contributed by atoms with Crippen LogP contribution in [0.3, 0.4) is 0 Å². The lowest BCUT2D eigenvalue weighted by Gasteiger charge is -2.17. The van der Waals surface area contributed by atoms with Crippen LogP contribution in [0.2, 0.25) is 0 Å². The van der Waals surface area contributed by atoms with Gasteiger partial charge in [-0.2, -0.15) is 0 Å². The van der Waals surface area contributed by atoms with Crippen molar-refractivity contribution < 1.29 is 14.3 Å². The molecule has 0 aliphatic heterocycles. The Balaban J connectivity index is 1.77. The van der Waals surface area contributed by atoms with Gasteiger partial charge in [0.1, 0.15) is 18.1 Å². The lowest BCUT2D eigenvalue weighted by Crippen LogP contribution is -2.39. The highest BCUT2D eigenvalue weighted by molar-refractivity contribution is 5.81. The average molecular weight is 327 g/mol. The molecule has 1 amide bonds. The summed E-state index contributed by atoms with van der Waals surface area (Å²) in [6.07, 6.45) is 0.115. The minimum Gasteiger partial charge on any atom is -0.492 e. The summed E-state index contributed by atoms with van der Waals surface area (Å²) in [6, 6.07) is 15.6. The molecule has 2 rings (SSSR count). The number of carbonyl (C=O) groups is 1. The number of amides is 1. The minimum absolute atomic E-state index is 0.119. The third kappa shape index (κ3) is 5.61. The summed E-state index contributed by atoms with van der Waals surface area (Å²) in [5.41, 5.74) is 2.25. The SMILES string of the molecule is CC[C@H](Oc1cccc(C)c1)C(=O)NCCOc1cccc(C)c1. The standard InChI is InChI=1S/C20H25NO3/c1-4-19(24-18-10-6-8-16(3)14-18)20(22)21-11-12-23-17-9-5-7-15(2)13-17/h5-10,13-14,19H,4,11-12H2,1-3H3,(H,21,22)/t19-/m0/s1. The van der Waals surface area contributed by atoms with Crippen LogP contribution in [0.5, 0.6) is 11.5 Å². The Morgan fingerprint density at radius 2 is 1.67 bits per heavy atom. The Morgan fingerprint density at radius 3 is 2.29 bits per heavy atom. The molecule has 0 saturated heterocycles. The molecule has 0 saturated carbocycles. The number of carbonyl (C=O) groups excluding carboxylic acids is 1. The molecular formula is C20H25NO3. The smallest absolute Gasteiger partial charge is 0.261 e. The molecule has 4 nitrogen and oxygen atoms in total. The first-order valence-corrected chi connectivity index (χ1v) is 8.29. The Bertz CT molecular complexity index is 669. The van der Waals surface area contributed by atoms with Gasteiger partial charge in [0.25, 0.3) is 5.91 Å². The van der Waals surface area contributed by atoms with Crippen molar-refractivity contribution in [2.45, 2.75) is 33.3 Å². The number of ether oxygens (including phenoxy) is 2. The number of aryl methyl sites for hydroxylation is 2. The Hall–Kier alpha value is -2.49. The van der Waals surface area contributed by atoms with Crippen LogP contribution in [0, 0.1) is 13.8 Å². The molecule has 0 aliphatic rings. The second kappa shape index (κ2) is 8.96. The fourth-order valence-corrected chi connectivity index (χ4v) is 2.34. The van der Waals surface area contributed by atoms with Crippen LogP contribution >= 0.6 is 0 Å². The zero-order valence-electron chi connectivity index (χ0n) is 14.5. The molecule has 0 aliphatic carbocycles. The third-order valence-corrected chi connectivity index (χ3v) is 3.59. The average Bonchev–Trinajstić information content (AvgIpc) is 2.56. The van der Waals surface area contributed by atoms with E-state index < -0.39 is 6.10 Å². The van der Waals surface area contributed by atoms with Crippen LogP contribution in [-0.2, 0) is 4.79 Å². The first-order valence-electron chi connectivity index (χ1n) is 8.29. The van der Waals surface area contributed by atoms with E-state index in [2.05, 4.69) is 5.32 Å². The van der Waals surface area contributed by atoms with Crippen molar-refractivity contribution in [1.29, 1.82) is 0 Å². The lowest BCUT2D eigenvalue weighted by atomic mass is 10.2. The number of benzene rings is 2. The normalized spacial score (nSPS) is 11.6. The van der Waals surface area contributed by atoms with Crippen molar-refractivity contribution >= 4 is 5.91 Å². The van der Waals surface area contributed by atoms with E-state index in [0.29, 0.717) is 25.3 Å². The van der Waals surface area contributed by atoms with Gasteiger partial charge in [0.15, 0.2) is 6.10 Å². The number of hydrogen-bond donors (Lipinski definition) is 1. The molecule has 0 spiro atoms. The molecule has 0 fully saturated rings. The van der Waals surface area contributed by atoms with E-state index in [0.717, 1.165) is 16.9 Å². The van der Waals surface area contributed by atoms with Crippen LogP contribution in [0.25, 0.3) is 0 Å². The molecule has 24 heavy (non-hydrogen) atoms. The van der Waals surface area contributed by atoms with E-state index in [1.54, 1.807) is 0 Å². The Labute approximate surface area is 143 Å². The first-order chi connectivity index (χ1) is 11.6. The Morgan fingerprint density at radius 1 is 1.04 bits per heavy atom. The molecule has 1 N–H and O–H groups in total. The number of hydrogen-bond acceptors (Lipinski definition) is 3. The molecule has 128 valence electrons. The van der Waals surface area contributed by atoms with Crippen molar-refractivity contribution in [2.75, 3.05) is 13.2 Å². The van der Waals surface area contributed by atoms with Gasteiger partial charge in [-0.1, -0.05) is 31.2 Å². The van der Waals surface area contributed by atoms with E-state index in [-0.39, 0.29) is 5.91 Å². The summed E-state index contributed by atoms with van der Waals surface area (Å²) in [5, 5.41) is 2.86. The van der Waals surface area contributed by atoms with Crippen molar-refractivity contribution in [3.63, 3.8) is 0 Å². The van der Waals surface area contributed by atoms with Crippen LogP contribution < -0.4 is 14.8 Å². The van der Waals surface area contributed by atoms with Crippen LogP contribution in [0.1, 0.15) is 24.5 Å². The molecular weight excluding hydrogens is 302 g/mol. The summed E-state index contributed by atoms with van der Waals surface area (Å²) in [7, 11) is 0. The van der Waals surface area contributed by atoms with E-state index in [9.17, 15) is 4.79 Å². The molecule has 4 heteroatoms. The Kier molecular flexibility index (Phi) is 6.67. The quantitative estimate of drug-likeness (QED) is 0.753. The lowest BCUT2D eigenvalue weighted by molar-refractivity contribution is -0.128. The van der Waals surface area contributed by atoms with Crippen molar-refractivity contribution in [1.82, 2.24) is 5.32 Å². The van der Waals surface area contributed by atoms with Gasteiger partial charge in [-0.3, -0.25) is 4.79 Å². The maximum atomic E-state index is 12.2. The zero-order valence-corrected chi connectivity index (χ0v) is 14.5. The predicted octanol–water partition coefficient (Wildman–Crippen LogP) is 3.66. The van der Waals surface area contributed by atoms with Crippen molar-refractivity contribution in [3.8, 4) is 11.5 Å². The maximum absolute atomic E-state index is 12.2. The fraction of sp³-hybridized carbons (Fsp3) is 0.350. The van der Waals surface area contributed by atoms with E-state index >= 15 is 0 Å². The molecule has 0 bridgehead atoms. The molecule has 0 unspecified atom stereocenters. The van der Waals surface area contributed by atoms with Gasteiger partial charge in [-0.05, 0) is 55.7 Å². The summed E-state index contributed by atoms with van der Waals surface area (Å²) in [4.78, 5) is 12.2. The molecule has 0 aromatic heterocycles. The van der Waals surface area contributed by atoms with Gasteiger partial charge in [0, 0.05) is 0 Å². The summed E-state index contributed by atoms with van der Waals surface area (Å²) >= 11 is 0. The highest BCUT2D eigenvalue weighted by atomic mass is 16.5. The molecule has 0 radical (unpaired) electrons. The zero-order chi connectivity index (χ0) is 17.4.